The summed E-state index contributed by atoms with van der Waals surface area (Å²) >= 11 is 0. The smallest absolute Gasteiger partial charge is 0.344 e. The van der Waals surface area contributed by atoms with Crippen LogP contribution in [0, 0.1) is 17.8 Å². The number of nitrogens with one attached hydrogen (secondary N) is 1. The van der Waals surface area contributed by atoms with Gasteiger partial charge in [0.2, 0.25) is 5.91 Å². The van der Waals surface area contributed by atoms with Crippen molar-refractivity contribution in [2.75, 3.05) is 26.9 Å². The number of aliphatic hydroxyl groups excluding tert-OH is 1. The summed E-state index contributed by atoms with van der Waals surface area (Å²) < 4.78 is 16.1. The fourth-order valence-electron chi connectivity index (χ4n) is 3.89. The molecule has 0 aromatic heterocycles. The minimum absolute atomic E-state index is 0.0493. The number of nitrogens with two attached hydrogens (primary N) is 1. The van der Waals surface area contributed by atoms with Crippen LogP contribution in [0.3, 0.4) is 0 Å². The highest BCUT2D eigenvalue weighted by atomic mass is 16.6. The molecule has 1 amide bonds. The maximum atomic E-state index is 12.3. The lowest BCUT2D eigenvalue weighted by molar-refractivity contribution is -0.145. The zero-order valence-electron chi connectivity index (χ0n) is 22.3. The normalized spacial score (nSPS) is 14.7. The minimum Gasteiger partial charge on any atom is -0.497 e. The molecule has 4 N–H and O–H groups in total. The summed E-state index contributed by atoms with van der Waals surface area (Å²) in [5.41, 5.74) is 7.33. The molecule has 8 nitrogen and oxygen atoms in total. The fraction of sp³-hybridized carbons (Fsp3) is 0.704. The number of ether oxygens (including phenoxy) is 3. The molecule has 1 aromatic carbocycles. The van der Waals surface area contributed by atoms with Crippen molar-refractivity contribution in [1.29, 1.82) is 0 Å². The Labute approximate surface area is 210 Å². The molecule has 0 aliphatic heterocycles. The Kier molecular flexibility index (Phi) is 14.4. The second-order valence-electron chi connectivity index (χ2n) is 9.52. The van der Waals surface area contributed by atoms with Crippen molar-refractivity contribution in [2.24, 2.45) is 23.5 Å². The minimum atomic E-state index is -0.779. The fourth-order valence-corrected chi connectivity index (χ4v) is 3.89. The third kappa shape index (κ3) is 11.3. The first-order chi connectivity index (χ1) is 16.6. The first-order valence-electron chi connectivity index (χ1n) is 12.8. The van der Waals surface area contributed by atoms with Crippen molar-refractivity contribution in [3.8, 4) is 11.5 Å². The van der Waals surface area contributed by atoms with Crippen LogP contribution in [0.1, 0.15) is 65.9 Å². The van der Waals surface area contributed by atoms with Gasteiger partial charge in [-0.25, -0.2) is 4.79 Å². The quantitative estimate of drug-likeness (QED) is 0.224. The highest BCUT2D eigenvalue weighted by Crippen LogP contribution is 2.31. The Morgan fingerprint density at radius 2 is 1.86 bits per heavy atom. The van der Waals surface area contributed by atoms with Crippen LogP contribution in [-0.4, -0.2) is 56.0 Å². The van der Waals surface area contributed by atoms with Gasteiger partial charge in [-0.15, -0.1) is 0 Å². The van der Waals surface area contributed by atoms with Gasteiger partial charge in [0, 0.05) is 24.6 Å². The van der Waals surface area contributed by atoms with E-state index in [1.54, 1.807) is 20.1 Å². The summed E-state index contributed by atoms with van der Waals surface area (Å²) in [6.45, 7) is 10.6. The summed E-state index contributed by atoms with van der Waals surface area (Å²) in [5, 5.41) is 13.6. The van der Waals surface area contributed by atoms with E-state index in [0.29, 0.717) is 49.8 Å². The predicted molar refractivity (Wildman–Crippen MR) is 137 cm³/mol. The summed E-state index contributed by atoms with van der Waals surface area (Å²) in [6.07, 6.45) is 2.74. The molecule has 0 saturated carbocycles. The van der Waals surface area contributed by atoms with Gasteiger partial charge < -0.3 is 30.4 Å². The molecule has 8 heteroatoms. The molecule has 1 unspecified atom stereocenters. The van der Waals surface area contributed by atoms with Crippen LogP contribution in [0.5, 0.6) is 11.5 Å². The molecule has 1 rings (SSSR count). The van der Waals surface area contributed by atoms with Gasteiger partial charge in [0.15, 0.2) is 6.61 Å². The maximum Gasteiger partial charge on any atom is 0.344 e. The molecule has 35 heavy (non-hydrogen) atoms. The van der Waals surface area contributed by atoms with Gasteiger partial charge in [-0.1, -0.05) is 40.2 Å². The number of hydrogen-bond donors (Lipinski definition) is 3. The van der Waals surface area contributed by atoms with E-state index < -0.39 is 18.1 Å². The van der Waals surface area contributed by atoms with Gasteiger partial charge in [-0.2, -0.15) is 0 Å². The molecule has 0 heterocycles. The van der Waals surface area contributed by atoms with Crippen LogP contribution in [0.15, 0.2) is 18.2 Å². The van der Waals surface area contributed by atoms with E-state index in [4.69, 9.17) is 19.9 Å². The number of benzene rings is 1. The van der Waals surface area contributed by atoms with Crippen molar-refractivity contribution in [1.82, 2.24) is 5.32 Å². The topological polar surface area (TPSA) is 120 Å². The van der Waals surface area contributed by atoms with Gasteiger partial charge in [-0.3, -0.25) is 4.79 Å². The predicted octanol–water partition coefficient (Wildman–Crippen LogP) is 3.47. The average molecular weight is 495 g/mol. The molecule has 1 aromatic rings. The Morgan fingerprint density at radius 1 is 1.14 bits per heavy atom. The van der Waals surface area contributed by atoms with E-state index in [2.05, 4.69) is 26.1 Å². The van der Waals surface area contributed by atoms with E-state index in [1.807, 2.05) is 19.1 Å². The molecular weight excluding hydrogens is 448 g/mol. The summed E-state index contributed by atoms with van der Waals surface area (Å²) in [6, 6.07) is 5.09. The number of unbranched alkanes of at least 4 members (excludes halogenated alkanes) is 1. The number of hydrogen-bond acceptors (Lipinski definition) is 7. The lowest BCUT2D eigenvalue weighted by atomic mass is 9.82. The van der Waals surface area contributed by atoms with Crippen LogP contribution in [0.4, 0.5) is 0 Å². The standard InChI is InChI=1S/C27H46N2O6/c1-7-9-12-29-27(32)19(5)13-24(30)23(28)15-21(18(3)4)14-20-10-11-22(33-6)16-25(20)35-17-26(31)34-8-2/h10-11,16,18-19,21,23-24,30H,7-9,12-15,17,28H2,1-6H3,(H,29,32)/t19?,21-,23-,24-/m0/s1. The zero-order chi connectivity index (χ0) is 26.4. The van der Waals surface area contributed by atoms with E-state index in [9.17, 15) is 14.7 Å². The first-order valence-corrected chi connectivity index (χ1v) is 12.8. The third-order valence-electron chi connectivity index (χ3n) is 6.29. The lowest BCUT2D eigenvalue weighted by Crippen LogP contribution is -2.41. The van der Waals surface area contributed by atoms with E-state index in [0.717, 1.165) is 18.4 Å². The second kappa shape index (κ2) is 16.4. The largest absolute Gasteiger partial charge is 0.497 e. The molecule has 0 spiro atoms. The number of amides is 1. The van der Waals surface area contributed by atoms with Crippen LogP contribution in [0.25, 0.3) is 0 Å². The molecule has 0 radical (unpaired) electrons. The molecule has 0 bridgehead atoms. The summed E-state index contributed by atoms with van der Waals surface area (Å²) in [5.74, 6) is 0.859. The van der Waals surface area contributed by atoms with Crippen LogP contribution >= 0.6 is 0 Å². The number of aliphatic hydroxyl groups is 1. The first kappa shape index (κ1) is 30.7. The number of methoxy groups -OCH3 is 1. The summed E-state index contributed by atoms with van der Waals surface area (Å²) in [4.78, 5) is 24.1. The Morgan fingerprint density at radius 3 is 2.46 bits per heavy atom. The van der Waals surface area contributed by atoms with Crippen LogP contribution in [0.2, 0.25) is 0 Å². The van der Waals surface area contributed by atoms with Crippen molar-refractivity contribution in [2.45, 2.75) is 78.9 Å². The van der Waals surface area contributed by atoms with Gasteiger partial charge in [0.25, 0.3) is 0 Å². The van der Waals surface area contributed by atoms with E-state index in [-0.39, 0.29) is 24.3 Å². The van der Waals surface area contributed by atoms with Gasteiger partial charge in [0.05, 0.1) is 19.8 Å². The molecular formula is C27H46N2O6. The Hall–Kier alpha value is -2.32. The lowest BCUT2D eigenvalue weighted by Gasteiger charge is -2.28. The SMILES string of the molecule is CCCCNC(=O)C(C)C[C@H](O)[C@@H](N)C[C@H](Cc1ccc(OC)cc1OCC(=O)OCC)C(C)C. The van der Waals surface area contributed by atoms with E-state index >= 15 is 0 Å². The van der Waals surface area contributed by atoms with Crippen LogP contribution in [-0.2, 0) is 20.7 Å². The number of carbonyl (C=O) groups is 2. The van der Waals surface area contributed by atoms with Crippen molar-refractivity contribution >= 4 is 11.9 Å². The van der Waals surface area contributed by atoms with E-state index in [1.165, 1.54) is 0 Å². The molecule has 0 saturated heterocycles. The average Bonchev–Trinajstić information content (AvgIpc) is 2.82. The molecule has 200 valence electrons. The molecule has 0 aliphatic rings. The number of rotatable bonds is 17. The molecule has 0 aliphatic carbocycles. The Bertz CT molecular complexity index is 770. The number of esters is 1. The van der Waals surface area contributed by atoms with Crippen molar-refractivity contribution < 1.29 is 28.9 Å². The summed E-state index contributed by atoms with van der Waals surface area (Å²) in [7, 11) is 1.58. The Balaban J connectivity index is 2.83. The highest BCUT2D eigenvalue weighted by Gasteiger charge is 2.26. The molecule has 4 atom stereocenters. The zero-order valence-corrected chi connectivity index (χ0v) is 22.3. The van der Waals surface area contributed by atoms with Crippen molar-refractivity contribution in [3.05, 3.63) is 23.8 Å². The van der Waals surface area contributed by atoms with Gasteiger partial charge in [0.1, 0.15) is 11.5 Å². The molecule has 0 fully saturated rings. The third-order valence-corrected chi connectivity index (χ3v) is 6.29. The second-order valence-corrected chi connectivity index (χ2v) is 9.52. The highest BCUT2D eigenvalue weighted by molar-refractivity contribution is 5.78. The van der Waals surface area contributed by atoms with Crippen LogP contribution < -0.4 is 20.5 Å². The monoisotopic (exact) mass is 494 g/mol. The van der Waals surface area contributed by atoms with Crippen molar-refractivity contribution in [3.63, 3.8) is 0 Å². The van der Waals surface area contributed by atoms with Gasteiger partial charge >= 0.3 is 5.97 Å². The maximum absolute atomic E-state index is 12.3. The van der Waals surface area contributed by atoms with Gasteiger partial charge in [-0.05, 0) is 56.1 Å². The number of carbonyl (C=O) groups excluding carboxylic acids is 2.